The number of nitrogens with two attached hydrogens (primary N) is 1. The number of aryl methyl sites for hydroxylation is 1. The molecule has 0 radical (unpaired) electrons. The van der Waals surface area contributed by atoms with Gasteiger partial charge < -0.3 is 19.9 Å². The number of nitrogens with zero attached hydrogens (tertiary/aromatic N) is 4. The number of ether oxygens (including phenoxy) is 1. The molecule has 2 aromatic rings. The lowest BCUT2D eigenvalue weighted by Gasteiger charge is -2.30. The molecule has 0 saturated carbocycles. The number of imidazole rings is 1. The van der Waals surface area contributed by atoms with E-state index in [1.807, 2.05) is 4.57 Å². The van der Waals surface area contributed by atoms with E-state index < -0.39 is 17.6 Å². The topological polar surface area (TPSA) is 69.2 Å². The predicted octanol–water partition coefficient (Wildman–Crippen LogP) is 3.98. The second kappa shape index (κ2) is 9.07. The average Bonchev–Trinajstić information content (AvgIpc) is 3.08. The van der Waals surface area contributed by atoms with E-state index in [9.17, 15) is 13.2 Å². The molecule has 30 heavy (non-hydrogen) atoms. The summed E-state index contributed by atoms with van der Waals surface area (Å²) in [5.74, 6) is 0.659. The number of nitrogen functional groups attached to an aromatic ring is 1. The van der Waals surface area contributed by atoms with Crippen LogP contribution in [0.4, 0.5) is 19.0 Å². The summed E-state index contributed by atoms with van der Waals surface area (Å²) in [7, 11) is 0. The van der Waals surface area contributed by atoms with E-state index in [4.69, 9.17) is 10.5 Å². The highest BCUT2D eigenvalue weighted by atomic mass is 19.4. The summed E-state index contributed by atoms with van der Waals surface area (Å²) in [5.41, 5.74) is 6.27. The molecule has 0 amide bonds. The average molecular weight is 423 g/mol. The molecule has 9 heteroatoms. The molecule has 3 rings (SSSR count). The Morgan fingerprint density at radius 1 is 1.30 bits per heavy atom. The van der Waals surface area contributed by atoms with Gasteiger partial charge in [-0.05, 0) is 12.0 Å². The van der Waals surface area contributed by atoms with Gasteiger partial charge in [-0.2, -0.15) is 13.2 Å². The number of alkyl halides is 3. The van der Waals surface area contributed by atoms with Crippen LogP contribution in [0.2, 0.25) is 0 Å². The Hall–Kier alpha value is -2.55. The largest absolute Gasteiger partial charge is 0.419 e. The summed E-state index contributed by atoms with van der Waals surface area (Å²) >= 11 is 0. The van der Waals surface area contributed by atoms with Gasteiger partial charge >= 0.3 is 6.18 Å². The fourth-order valence-electron chi connectivity index (χ4n) is 3.44. The maximum atomic E-state index is 13.2. The van der Waals surface area contributed by atoms with Crippen LogP contribution in [-0.4, -0.2) is 45.7 Å². The summed E-state index contributed by atoms with van der Waals surface area (Å²) in [6.07, 6.45) is 0.0142. The lowest BCUT2D eigenvalue weighted by molar-refractivity contribution is -0.137. The molecule has 164 valence electrons. The Kier molecular flexibility index (Phi) is 6.70. The Bertz CT molecular complexity index is 885. The van der Waals surface area contributed by atoms with Gasteiger partial charge in [0, 0.05) is 56.1 Å². The molecule has 0 bridgehead atoms. The van der Waals surface area contributed by atoms with Crippen molar-refractivity contribution in [3.05, 3.63) is 42.1 Å². The quantitative estimate of drug-likeness (QED) is 0.730. The van der Waals surface area contributed by atoms with Crippen LogP contribution in [0.1, 0.15) is 31.7 Å². The number of hydrogen-bond acceptors (Lipinski definition) is 5. The van der Waals surface area contributed by atoms with Gasteiger partial charge in [0.2, 0.25) is 0 Å². The summed E-state index contributed by atoms with van der Waals surface area (Å²) in [5, 5.41) is 0. The Morgan fingerprint density at radius 2 is 2.00 bits per heavy atom. The first kappa shape index (κ1) is 22.1. The molecular weight excluding hydrogens is 395 g/mol. The normalized spacial score (nSPS) is 15.1. The zero-order chi connectivity index (χ0) is 21.9. The van der Waals surface area contributed by atoms with E-state index in [0.717, 1.165) is 43.5 Å². The molecule has 3 heterocycles. The van der Waals surface area contributed by atoms with Gasteiger partial charge in [-0.15, -0.1) is 0 Å². The molecule has 0 atom stereocenters. The van der Waals surface area contributed by atoms with E-state index in [-0.39, 0.29) is 0 Å². The lowest BCUT2D eigenvalue weighted by atomic mass is 10.1. The first-order valence-corrected chi connectivity index (χ1v) is 10.0. The lowest BCUT2D eigenvalue weighted by Crippen LogP contribution is -2.35. The molecule has 0 spiro atoms. The van der Waals surface area contributed by atoms with E-state index in [1.54, 1.807) is 6.20 Å². The van der Waals surface area contributed by atoms with Gasteiger partial charge in [-0.25, -0.2) is 9.97 Å². The fourth-order valence-corrected chi connectivity index (χ4v) is 3.44. The molecule has 1 aliphatic heterocycles. The predicted molar refractivity (Wildman–Crippen MR) is 110 cm³/mol. The third kappa shape index (κ3) is 5.33. The number of aromatic nitrogens is 3. The van der Waals surface area contributed by atoms with Crippen molar-refractivity contribution in [1.29, 1.82) is 0 Å². The van der Waals surface area contributed by atoms with Crippen molar-refractivity contribution in [3.63, 3.8) is 0 Å². The summed E-state index contributed by atoms with van der Waals surface area (Å²) in [4.78, 5) is 10.6. The molecule has 1 fully saturated rings. The highest BCUT2D eigenvalue weighted by Crippen LogP contribution is 2.35. The monoisotopic (exact) mass is 423 g/mol. The molecule has 0 unspecified atom stereocenters. The summed E-state index contributed by atoms with van der Waals surface area (Å²) in [6.45, 7) is 12.0. The van der Waals surface area contributed by atoms with Gasteiger partial charge in [0.1, 0.15) is 11.6 Å². The number of halogens is 3. The van der Waals surface area contributed by atoms with Crippen LogP contribution in [0.3, 0.4) is 0 Å². The minimum atomic E-state index is -4.56. The van der Waals surface area contributed by atoms with Gasteiger partial charge in [0.15, 0.2) is 0 Å². The Balaban J connectivity index is 1.83. The second-order valence-corrected chi connectivity index (χ2v) is 7.90. The zero-order valence-corrected chi connectivity index (χ0v) is 17.4. The van der Waals surface area contributed by atoms with Gasteiger partial charge in [0.25, 0.3) is 0 Å². The van der Waals surface area contributed by atoms with Crippen molar-refractivity contribution in [1.82, 2.24) is 19.4 Å². The molecule has 0 aromatic carbocycles. The zero-order valence-electron chi connectivity index (χ0n) is 17.4. The number of hydrogen-bond donors (Lipinski definition) is 1. The molecule has 6 nitrogen and oxygen atoms in total. The van der Waals surface area contributed by atoms with Crippen LogP contribution >= 0.6 is 0 Å². The standard InChI is InChI=1S/C21H28F3N5O/c1-14(2)10-19-27-18(16-11-17(21(22,23)24)20(25)26-12-16)13-29(19)5-4-15(3)28-6-8-30-9-7-28/h11-14H,3-10H2,1-2H3,(H2,25,26). The van der Waals surface area contributed by atoms with E-state index in [1.165, 1.54) is 6.20 Å². The number of rotatable bonds is 7. The Labute approximate surface area is 174 Å². The van der Waals surface area contributed by atoms with E-state index in [2.05, 4.69) is 35.3 Å². The van der Waals surface area contributed by atoms with Crippen molar-refractivity contribution in [3.8, 4) is 11.3 Å². The first-order valence-electron chi connectivity index (χ1n) is 10.0. The van der Waals surface area contributed by atoms with Gasteiger partial charge in [-0.1, -0.05) is 20.4 Å². The minimum Gasteiger partial charge on any atom is -0.383 e. The van der Waals surface area contributed by atoms with Crippen molar-refractivity contribution in [2.24, 2.45) is 5.92 Å². The fraction of sp³-hybridized carbons (Fsp3) is 0.524. The van der Waals surface area contributed by atoms with E-state index in [0.29, 0.717) is 36.9 Å². The number of anilines is 1. The number of morpholine rings is 1. The summed E-state index contributed by atoms with van der Waals surface area (Å²) < 4.78 is 47.0. The second-order valence-electron chi connectivity index (χ2n) is 7.90. The molecular formula is C21H28F3N5O. The van der Waals surface area contributed by atoms with Crippen LogP contribution in [-0.2, 0) is 23.9 Å². The maximum Gasteiger partial charge on any atom is 0.419 e. The third-order valence-corrected chi connectivity index (χ3v) is 5.07. The molecule has 2 aromatic heterocycles. The molecule has 2 N–H and O–H groups in total. The smallest absolute Gasteiger partial charge is 0.383 e. The van der Waals surface area contributed by atoms with Gasteiger partial charge in [0.05, 0.1) is 24.5 Å². The molecule has 0 aliphatic carbocycles. The SMILES string of the molecule is C=C(CCn1cc(-c2cnc(N)c(C(F)(F)F)c2)nc1CC(C)C)N1CCOCC1. The molecule has 1 aliphatic rings. The van der Waals surface area contributed by atoms with Crippen molar-refractivity contribution >= 4 is 5.82 Å². The maximum absolute atomic E-state index is 13.2. The van der Waals surface area contributed by atoms with Crippen molar-refractivity contribution in [2.45, 2.75) is 39.4 Å². The minimum absolute atomic E-state index is 0.298. The van der Waals surface area contributed by atoms with E-state index >= 15 is 0 Å². The first-order chi connectivity index (χ1) is 14.1. The highest BCUT2D eigenvalue weighted by molar-refractivity contribution is 5.62. The van der Waals surface area contributed by atoms with Crippen LogP contribution in [0, 0.1) is 5.92 Å². The van der Waals surface area contributed by atoms with Crippen LogP contribution in [0.15, 0.2) is 30.7 Å². The third-order valence-electron chi connectivity index (χ3n) is 5.07. The number of pyridine rings is 1. The highest BCUT2D eigenvalue weighted by Gasteiger charge is 2.34. The van der Waals surface area contributed by atoms with Crippen LogP contribution in [0.5, 0.6) is 0 Å². The number of allylic oxidation sites excluding steroid dienone is 1. The van der Waals surface area contributed by atoms with Crippen molar-refractivity contribution < 1.29 is 17.9 Å². The van der Waals surface area contributed by atoms with Crippen molar-refractivity contribution in [2.75, 3.05) is 32.0 Å². The summed E-state index contributed by atoms with van der Waals surface area (Å²) in [6, 6.07) is 1.01. The van der Waals surface area contributed by atoms with Crippen LogP contribution in [0.25, 0.3) is 11.3 Å². The van der Waals surface area contributed by atoms with Gasteiger partial charge in [-0.3, -0.25) is 0 Å². The Morgan fingerprint density at radius 3 is 2.63 bits per heavy atom. The van der Waals surface area contributed by atoms with Crippen LogP contribution < -0.4 is 5.73 Å². The molecule has 1 saturated heterocycles.